The fourth-order valence-corrected chi connectivity index (χ4v) is 1.78. The van der Waals surface area contributed by atoms with Gasteiger partial charge in [0, 0.05) is 0 Å². The molecule has 0 saturated heterocycles. The first kappa shape index (κ1) is 13.5. The van der Waals surface area contributed by atoms with Gasteiger partial charge in [-0.1, -0.05) is 24.8 Å². The molecular formula is C9H12MgO3S. The van der Waals surface area contributed by atoms with Gasteiger partial charge in [0.1, 0.15) is 10.7 Å². The molecular weight excluding hydrogens is 212 g/mol. The first-order chi connectivity index (χ1) is 6.02. The van der Waals surface area contributed by atoms with Crippen LogP contribution < -0.4 is 0 Å². The molecule has 1 rings (SSSR count). The summed E-state index contributed by atoms with van der Waals surface area (Å²) < 4.78 is 27.3. The van der Waals surface area contributed by atoms with E-state index in [0.717, 1.165) is 0 Å². The quantitative estimate of drug-likeness (QED) is 0.446. The molecule has 0 unspecified atom stereocenters. The van der Waals surface area contributed by atoms with Gasteiger partial charge >= 0.3 is 33.2 Å². The molecule has 74 valence electrons. The van der Waals surface area contributed by atoms with E-state index in [1.165, 1.54) is 19.1 Å². The normalized spacial score (nSPS) is 10.1. The molecule has 1 aromatic rings. The molecule has 0 fully saturated rings. The van der Waals surface area contributed by atoms with Crippen molar-refractivity contribution in [2.24, 2.45) is 0 Å². The molecule has 3 nitrogen and oxygen atoms in total. The molecule has 0 atom stereocenters. The van der Waals surface area contributed by atoms with Crippen LogP contribution >= 0.6 is 0 Å². The third-order valence-electron chi connectivity index (χ3n) is 1.28. The summed E-state index contributed by atoms with van der Waals surface area (Å²) in [7, 11) is -3.66. The minimum Gasteiger partial charge on any atom is -1.00 e. The van der Waals surface area contributed by atoms with E-state index in [-0.39, 0.29) is 36.6 Å². The molecule has 0 amide bonds. The van der Waals surface area contributed by atoms with Gasteiger partial charge in [0.2, 0.25) is 0 Å². The predicted molar refractivity (Wildman–Crippen MR) is 57.5 cm³/mol. The van der Waals surface area contributed by atoms with Crippen molar-refractivity contribution >= 4 is 33.2 Å². The molecule has 5 heteroatoms. The molecule has 1 aromatic carbocycles. The van der Waals surface area contributed by atoms with Gasteiger partial charge in [0.05, 0.1) is 0 Å². The van der Waals surface area contributed by atoms with Crippen LogP contribution in [0.25, 0.3) is 0 Å². The number of hydrogen-bond donors (Lipinski definition) is 0. The Morgan fingerprint density at radius 2 is 1.86 bits per heavy atom. The van der Waals surface area contributed by atoms with Crippen molar-refractivity contribution in [2.75, 3.05) is 0 Å². The molecule has 0 saturated carbocycles. The average Bonchev–Trinajstić information content (AvgIpc) is 2.04. The molecule has 0 heterocycles. The summed E-state index contributed by atoms with van der Waals surface area (Å²) >= 11 is 0. The Kier molecular flexibility index (Phi) is 5.18. The first-order valence-corrected chi connectivity index (χ1v) is 5.08. The SMILES string of the molecule is C=C(C)OS(=O)(=O)c1ccccc1.[H-].[H-].[Mg+2]. The summed E-state index contributed by atoms with van der Waals surface area (Å²) in [6, 6.07) is 7.94. The van der Waals surface area contributed by atoms with Crippen LogP contribution in [0.5, 0.6) is 0 Å². The number of rotatable bonds is 3. The largest absolute Gasteiger partial charge is 2.00 e. The smallest absolute Gasteiger partial charge is 1.00 e. The van der Waals surface area contributed by atoms with Crippen molar-refractivity contribution in [3.05, 3.63) is 42.7 Å². The predicted octanol–water partition coefficient (Wildman–Crippen LogP) is 1.77. The van der Waals surface area contributed by atoms with E-state index in [9.17, 15) is 8.42 Å². The summed E-state index contributed by atoms with van der Waals surface area (Å²) in [5.74, 6) is 0.156. The molecule has 0 aliphatic heterocycles. The summed E-state index contributed by atoms with van der Waals surface area (Å²) in [5, 5.41) is 0. The van der Waals surface area contributed by atoms with Crippen molar-refractivity contribution in [2.45, 2.75) is 11.8 Å². The van der Waals surface area contributed by atoms with Crippen LogP contribution in [0.3, 0.4) is 0 Å². The standard InChI is InChI=1S/C9H10O3S.Mg.2H/c1-8(2)12-13(10,11)9-6-4-3-5-7-9;;;/h3-7H,1H2,2H3;;;/q;+2;2*-1. The van der Waals surface area contributed by atoms with Crippen molar-refractivity contribution in [3.8, 4) is 0 Å². The van der Waals surface area contributed by atoms with Gasteiger partial charge in [0.15, 0.2) is 0 Å². The molecule has 0 radical (unpaired) electrons. The Balaban J connectivity index is -0.000000563. The van der Waals surface area contributed by atoms with Crippen molar-refractivity contribution in [3.63, 3.8) is 0 Å². The van der Waals surface area contributed by atoms with Crippen molar-refractivity contribution < 1.29 is 15.5 Å². The number of hydrogen-bond acceptors (Lipinski definition) is 3. The molecule has 0 spiro atoms. The van der Waals surface area contributed by atoms with E-state index >= 15 is 0 Å². The van der Waals surface area contributed by atoms with Crippen molar-refractivity contribution in [1.29, 1.82) is 0 Å². The van der Waals surface area contributed by atoms with Gasteiger partial charge in [-0.05, 0) is 19.1 Å². The topological polar surface area (TPSA) is 43.4 Å². The van der Waals surface area contributed by atoms with Crippen LogP contribution in [0.2, 0.25) is 0 Å². The van der Waals surface area contributed by atoms with E-state index in [2.05, 4.69) is 10.8 Å². The Labute approximate surface area is 103 Å². The monoisotopic (exact) mass is 224 g/mol. The zero-order valence-corrected chi connectivity index (χ0v) is 10.2. The van der Waals surface area contributed by atoms with Gasteiger partial charge in [-0.2, -0.15) is 8.42 Å². The minimum atomic E-state index is -3.66. The van der Waals surface area contributed by atoms with E-state index in [1.807, 2.05) is 0 Å². The van der Waals surface area contributed by atoms with Crippen LogP contribution in [0, 0.1) is 0 Å². The summed E-state index contributed by atoms with van der Waals surface area (Å²) in [6.45, 7) is 4.85. The molecule has 0 aliphatic rings. The Hall–Kier alpha value is -0.524. The van der Waals surface area contributed by atoms with E-state index in [1.54, 1.807) is 18.2 Å². The second-order valence-electron chi connectivity index (χ2n) is 2.55. The second-order valence-corrected chi connectivity index (χ2v) is 4.10. The summed E-state index contributed by atoms with van der Waals surface area (Å²) in [5.41, 5.74) is 0. The van der Waals surface area contributed by atoms with Crippen molar-refractivity contribution in [1.82, 2.24) is 0 Å². The van der Waals surface area contributed by atoms with Gasteiger partial charge in [0.25, 0.3) is 0 Å². The Bertz CT molecular complexity index is 406. The van der Waals surface area contributed by atoms with Gasteiger partial charge in [-0.25, -0.2) is 0 Å². The fraction of sp³-hybridized carbons (Fsp3) is 0.111. The zero-order chi connectivity index (χ0) is 9.90. The Morgan fingerprint density at radius 3 is 2.29 bits per heavy atom. The first-order valence-electron chi connectivity index (χ1n) is 3.67. The number of allylic oxidation sites excluding steroid dienone is 1. The third-order valence-corrected chi connectivity index (χ3v) is 2.64. The van der Waals surface area contributed by atoms with Gasteiger partial charge < -0.3 is 7.04 Å². The molecule has 14 heavy (non-hydrogen) atoms. The number of benzene rings is 1. The Morgan fingerprint density at radius 1 is 1.36 bits per heavy atom. The van der Waals surface area contributed by atoms with Crippen LogP contribution in [-0.2, 0) is 14.3 Å². The van der Waals surface area contributed by atoms with E-state index < -0.39 is 10.1 Å². The molecule has 0 bridgehead atoms. The van der Waals surface area contributed by atoms with E-state index in [0.29, 0.717) is 0 Å². The maximum Gasteiger partial charge on any atom is 2.00 e. The zero-order valence-electron chi connectivity index (χ0n) is 9.93. The second kappa shape index (κ2) is 5.38. The summed E-state index contributed by atoms with van der Waals surface area (Å²) in [6.07, 6.45) is 0. The van der Waals surface area contributed by atoms with Crippen LogP contribution in [-0.4, -0.2) is 31.5 Å². The average molecular weight is 225 g/mol. The van der Waals surface area contributed by atoms with Gasteiger partial charge in [-0.15, -0.1) is 0 Å². The van der Waals surface area contributed by atoms with E-state index in [4.69, 9.17) is 0 Å². The molecule has 0 aliphatic carbocycles. The maximum absolute atomic E-state index is 11.4. The summed E-state index contributed by atoms with van der Waals surface area (Å²) in [4.78, 5) is 0.137. The van der Waals surface area contributed by atoms with Crippen LogP contribution in [0.15, 0.2) is 47.6 Å². The maximum atomic E-state index is 11.4. The molecule has 0 aromatic heterocycles. The van der Waals surface area contributed by atoms with Gasteiger partial charge in [-0.3, -0.25) is 0 Å². The minimum absolute atomic E-state index is 0. The third kappa shape index (κ3) is 3.69. The molecule has 0 N–H and O–H groups in total. The fourth-order valence-electron chi connectivity index (χ4n) is 0.823. The van der Waals surface area contributed by atoms with Crippen LogP contribution in [0.1, 0.15) is 9.78 Å². The van der Waals surface area contributed by atoms with Crippen LogP contribution in [0.4, 0.5) is 0 Å².